The molecule has 6 heteroatoms. The largest absolute Gasteiger partial charge is 0.449 e. The van der Waals surface area contributed by atoms with Gasteiger partial charge in [0.05, 0.1) is 5.56 Å². The summed E-state index contributed by atoms with van der Waals surface area (Å²) in [7, 11) is 0. The molecule has 1 aliphatic heterocycles. The number of ether oxygens (including phenoxy) is 2. The first kappa shape index (κ1) is 27.3. The van der Waals surface area contributed by atoms with Gasteiger partial charge in [0, 0.05) is 36.7 Å². The summed E-state index contributed by atoms with van der Waals surface area (Å²) in [6.45, 7) is 4.53. The average Bonchev–Trinajstić information content (AvgIpc) is 3.61. The molecule has 5 nitrogen and oxygen atoms in total. The van der Waals surface area contributed by atoms with Crippen LogP contribution in [0.5, 0.6) is 23.0 Å². The minimum absolute atomic E-state index is 0.159. The number of para-hydroxylation sites is 1. The first-order valence-corrected chi connectivity index (χ1v) is 16.8. The van der Waals surface area contributed by atoms with Crippen LogP contribution in [0.1, 0.15) is 25.0 Å². The average molecular weight is 638 g/mol. The predicted molar refractivity (Wildman–Crippen MR) is 193 cm³/mol. The molecule has 2 aromatic heterocycles. The van der Waals surface area contributed by atoms with Crippen LogP contribution >= 0.6 is 11.3 Å². The molecule has 0 amide bonds. The standard InChI is InChI=1S/C42H27N3O2S/c1-42(2)31-16-8-6-13-26(31)30-22-34-35(23-32(30)42)47-38-29(15-10-17-33(38)46-34)41-44-39(24-11-4-3-5-12-24)43-40(45-41)25-19-20-28-27-14-7-9-18-36(27)48-37(28)21-25/h3-23H,1-2H3. The van der Waals surface area contributed by atoms with E-state index in [1.807, 2.05) is 48.5 Å². The minimum atomic E-state index is -0.159. The van der Waals surface area contributed by atoms with E-state index in [1.165, 1.54) is 42.4 Å². The van der Waals surface area contributed by atoms with E-state index in [0.717, 1.165) is 16.7 Å². The molecule has 0 unspecified atom stereocenters. The van der Waals surface area contributed by atoms with Gasteiger partial charge >= 0.3 is 0 Å². The Morgan fingerprint density at radius 2 is 1.19 bits per heavy atom. The summed E-state index contributed by atoms with van der Waals surface area (Å²) < 4.78 is 15.8. The summed E-state index contributed by atoms with van der Waals surface area (Å²) in [6, 6.07) is 43.7. The number of thiophene rings is 1. The van der Waals surface area contributed by atoms with Crippen molar-refractivity contribution in [3.05, 3.63) is 139 Å². The number of benzene rings is 6. The highest BCUT2D eigenvalue weighted by atomic mass is 32.1. The van der Waals surface area contributed by atoms with Crippen molar-refractivity contribution in [2.45, 2.75) is 19.3 Å². The van der Waals surface area contributed by atoms with Crippen LogP contribution in [0.15, 0.2) is 127 Å². The zero-order valence-corrected chi connectivity index (χ0v) is 27.0. The molecule has 0 N–H and O–H groups in total. The first-order valence-electron chi connectivity index (χ1n) is 16.0. The maximum atomic E-state index is 6.74. The summed E-state index contributed by atoms with van der Waals surface area (Å²) in [6.07, 6.45) is 0. The smallest absolute Gasteiger partial charge is 0.181 e. The Kier molecular flexibility index (Phi) is 5.72. The molecule has 228 valence electrons. The van der Waals surface area contributed by atoms with E-state index in [-0.39, 0.29) is 5.41 Å². The highest BCUT2D eigenvalue weighted by Gasteiger charge is 2.37. The van der Waals surface area contributed by atoms with Gasteiger partial charge in [-0.25, -0.2) is 15.0 Å². The van der Waals surface area contributed by atoms with E-state index in [2.05, 4.69) is 92.7 Å². The van der Waals surface area contributed by atoms with Crippen LogP contribution in [0.3, 0.4) is 0 Å². The van der Waals surface area contributed by atoms with E-state index in [0.29, 0.717) is 40.5 Å². The topological polar surface area (TPSA) is 57.1 Å². The van der Waals surface area contributed by atoms with E-state index >= 15 is 0 Å². The van der Waals surface area contributed by atoms with Crippen LogP contribution in [0.2, 0.25) is 0 Å². The molecule has 0 saturated carbocycles. The Bertz CT molecular complexity index is 2610. The molecule has 0 spiro atoms. The Balaban J connectivity index is 1.12. The van der Waals surface area contributed by atoms with Gasteiger partial charge in [0.2, 0.25) is 0 Å². The summed E-state index contributed by atoms with van der Waals surface area (Å²) in [5.74, 6) is 4.32. The van der Waals surface area contributed by atoms with Gasteiger partial charge in [-0.1, -0.05) is 105 Å². The van der Waals surface area contributed by atoms with Crippen LogP contribution < -0.4 is 9.47 Å². The van der Waals surface area contributed by atoms with Crippen LogP contribution in [0, 0.1) is 0 Å². The fourth-order valence-corrected chi connectivity index (χ4v) is 8.33. The summed E-state index contributed by atoms with van der Waals surface area (Å²) >= 11 is 1.78. The molecule has 0 radical (unpaired) electrons. The lowest BCUT2D eigenvalue weighted by Gasteiger charge is -2.26. The lowest BCUT2D eigenvalue weighted by atomic mass is 9.82. The zero-order valence-electron chi connectivity index (χ0n) is 26.2. The molecule has 3 heterocycles. The van der Waals surface area contributed by atoms with Gasteiger partial charge in [0.15, 0.2) is 40.5 Å². The van der Waals surface area contributed by atoms with Gasteiger partial charge < -0.3 is 9.47 Å². The third-order valence-electron chi connectivity index (χ3n) is 9.60. The van der Waals surface area contributed by atoms with Crippen molar-refractivity contribution in [2.24, 2.45) is 0 Å². The Morgan fingerprint density at radius 1 is 0.479 bits per heavy atom. The summed E-state index contributed by atoms with van der Waals surface area (Å²) in [4.78, 5) is 15.1. The van der Waals surface area contributed by atoms with E-state index in [1.54, 1.807) is 11.3 Å². The van der Waals surface area contributed by atoms with Crippen molar-refractivity contribution >= 4 is 31.5 Å². The molecule has 10 rings (SSSR count). The fraction of sp³-hybridized carbons (Fsp3) is 0.0714. The molecule has 48 heavy (non-hydrogen) atoms. The Labute approximate surface area is 281 Å². The molecular weight excluding hydrogens is 611 g/mol. The monoisotopic (exact) mass is 637 g/mol. The zero-order chi connectivity index (χ0) is 32.0. The van der Waals surface area contributed by atoms with Crippen molar-refractivity contribution in [3.8, 4) is 68.3 Å². The van der Waals surface area contributed by atoms with Gasteiger partial charge in [0.1, 0.15) is 0 Å². The van der Waals surface area contributed by atoms with E-state index in [9.17, 15) is 0 Å². The van der Waals surface area contributed by atoms with E-state index in [4.69, 9.17) is 24.4 Å². The maximum Gasteiger partial charge on any atom is 0.181 e. The number of hydrogen-bond donors (Lipinski definition) is 0. The lowest BCUT2D eigenvalue weighted by Crippen LogP contribution is -2.15. The normalized spacial score (nSPS) is 13.7. The second-order valence-electron chi connectivity index (χ2n) is 12.8. The molecule has 1 aliphatic carbocycles. The van der Waals surface area contributed by atoms with Crippen LogP contribution in [0.4, 0.5) is 0 Å². The molecule has 8 aromatic rings. The van der Waals surface area contributed by atoms with Crippen LogP contribution in [-0.4, -0.2) is 15.0 Å². The summed E-state index contributed by atoms with van der Waals surface area (Å²) in [5, 5.41) is 2.49. The van der Waals surface area contributed by atoms with Crippen LogP contribution in [-0.2, 0) is 5.41 Å². The lowest BCUT2D eigenvalue weighted by molar-refractivity contribution is 0.360. The van der Waals surface area contributed by atoms with Crippen molar-refractivity contribution < 1.29 is 9.47 Å². The molecule has 6 aromatic carbocycles. The van der Waals surface area contributed by atoms with Gasteiger partial charge in [-0.3, -0.25) is 0 Å². The van der Waals surface area contributed by atoms with Crippen molar-refractivity contribution in [1.82, 2.24) is 15.0 Å². The quantitative estimate of drug-likeness (QED) is 0.193. The molecule has 0 fully saturated rings. The van der Waals surface area contributed by atoms with Crippen molar-refractivity contribution in [2.75, 3.05) is 0 Å². The third kappa shape index (κ3) is 4.06. The number of fused-ring (bicyclic) bond motifs is 8. The molecule has 0 saturated heterocycles. The minimum Gasteiger partial charge on any atom is -0.449 e. The molecule has 0 bridgehead atoms. The van der Waals surface area contributed by atoms with Gasteiger partial charge in [0.25, 0.3) is 0 Å². The van der Waals surface area contributed by atoms with Crippen LogP contribution in [0.25, 0.3) is 65.5 Å². The maximum absolute atomic E-state index is 6.74. The van der Waals surface area contributed by atoms with Gasteiger partial charge in [-0.2, -0.15) is 0 Å². The molecule has 0 atom stereocenters. The van der Waals surface area contributed by atoms with Crippen molar-refractivity contribution in [3.63, 3.8) is 0 Å². The summed E-state index contributed by atoms with van der Waals surface area (Å²) in [5.41, 5.74) is 7.37. The second-order valence-corrected chi connectivity index (χ2v) is 13.9. The fourth-order valence-electron chi connectivity index (χ4n) is 7.18. The molecule has 2 aliphatic rings. The Morgan fingerprint density at radius 3 is 2.08 bits per heavy atom. The Hall–Kier alpha value is -5.85. The van der Waals surface area contributed by atoms with Gasteiger partial charge in [-0.05, 0) is 58.7 Å². The number of nitrogens with zero attached hydrogens (tertiary/aromatic N) is 3. The number of hydrogen-bond acceptors (Lipinski definition) is 6. The highest BCUT2D eigenvalue weighted by molar-refractivity contribution is 7.25. The predicted octanol–water partition coefficient (Wildman–Crippen LogP) is 11.4. The first-order chi connectivity index (χ1) is 23.5. The van der Waals surface area contributed by atoms with Crippen molar-refractivity contribution in [1.29, 1.82) is 0 Å². The number of aromatic nitrogens is 3. The third-order valence-corrected chi connectivity index (χ3v) is 10.7. The SMILES string of the molecule is CC1(C)c2ccccc2-c2cc3c(cc21)Oc1c(cccc1-c1nc(-c2ccccc2)nc(-c2ccc4c(c2)sc2ccccc24)n1)O3. The van der Waals surface area contributed by atoms with Gasteiger partial charge in [-0.15, -0.1) is 11.3 Å². The van der Waals surface area contributed by atoms with E-state index < -0.39 is 0 Å². The second kappa shape index (κ2) is 10.1. The molecular formula is C42H27N3O2S. The number of rotatable bonds is 3. The highest BCUT2D eigenvalue weighted by Crippen LogP contribution is 2.56.